The smallest absolute Gasteiger partial charge is 0.341 e. The standard InChI is InChI=1S/C22H21NO5S2/c1-4-27-18-10-15(6-8-17(18)28-12-20(24)25)11-19-21(26)23(22(29)30-19)16-7-5-13(2)9-14(16)3/h5-11H,4,12H2,1-3H3,(H,24,25)/b19-11+. The zero-order valence-corrected chi connectivity index (χ0v) is 18.4. The monoisotopic (exact) mass is 443 g/mol. The summed E-state index contributed by atoms with van der Waals surface area (Å²) >= 11 is 6.70. The molecule has 8 heteroatoms. The SMILES string of the molecule is CCOc1cc(/C=C2/SC(=S)N(c3ccc(C)cc3C)C2=O)ccc1OCC(=O)O. The van der Waals surface area contributed by atoms with Crippen LogP contribution in [0.15, 0.2) is 41.3 Å². The predicted molar refractivity (Wildman–Crippen MR) is 122 cm³/mol. The topological polar surface area (TPSA) is 76.1 Å². The zero-order valence-electron chi connectivity index (χ0n) is 16.8. The molecule has 1 heterocycles. The Morgan fingerprint density at radius 1 is 1.17 bits per heavy atom. The molecule has 1 aliphatic heterocycles. The van der Waals surface area contributed by atoms with Crippen LogP contribution in [0, 0.1) is 13.8 Å². The van der Waals surface area contributed by atoms with Gasteiger partial charge in [0.2, 0.25) is 0 Å². The number of aryl methyl sites for hydroxylation is 2. The van der Waals surface area contributed by atoms with Crippen molar-refractivity contribution in [3.8, 4) is 11.5 Å². The maximum Gasteiger partial charge on any atom is 0.341 e. The Bertz CT molecular complexity index is 1050. The summed E-state index contributed by atoms with van der Waals surface area (Å²) in [6.07, 6.45) is 1.74. The maximum atomic E-state index is 13.0. The van der Waals surface area contributed by atoms with Crippen molar-refractivity contribution in [3.63, 3.8) is 0 Å². The van der Waals surface area contributed by atoms with Crippen LogP contribution < -0.4 is 14.4 Å². The Labute approximate surface area is 184 Å². The molecule has 1 aliphatic rings. The third kappa shape index (κ3) is 4.83. The van der Waals surface area contributed by atoms with Gasteiger partial charge < -0.3 is 14.6 Å². The van der Waals surface area contributed by atoms with Crippen molar-refractivity contribution in [3.05, 3.63) is 58.0 Å². The Morgan fingerprint density at radius 3 is 2.60 bits per heavy atom. The average Bonchev–Trinajstić information content (AvgIpc) is 2.95. The number of ether oxygens (including phenoxy) is 2. The average molecular weight is 444 g/mol. The fourth-order valence-corrected chi connectivity index (χ4v) is 4.31. The van der Waals surface area contributed by atoms with Crippen LogP contribution >= 0.6 is 24.0 Å². The Kier molecular flexibility index (Phi) is 6.79. The molecule has 156 valence electrons. The fourth-order valence-electron chi connectivity index (χ4n) is 3.02. The lowest BCUT2D eigenvalue weighted by molar-refractivity contribution is -0.139. The van der Waals surface area contributed by atoms with Crippen molar-refractivity contribution in [2.24, 2.45) is 0 Å². The van der Waals surface area contributed by atoms with E-state index in [4.69, 9.17) is 26.8 Å². The minimum Gasteiger partial charge on any atom is -0.490 e. The second kappa shape index (κ2) is 9.32. The molecule has 0 atom stereocenters. The lowest BCUT2D eigenvalue weighted by Crippen LogP contribution is -2.28. The van der Waals surface area contributed by atoms with E-state index in [2.05, 4.69) is 0 Å². The highest BCUT2D eigenvalue weighted by atomic mass is 32.2. The lowest BCUT2D eigenvalue weighted by Gasteiger charge is -2.17. The fraction of sp³-hybridized carbons (Fsp3) is 0.227. The van der Waals surface area contributed by atoms with E-state index in [0.717, 1.165) is 22.4 Å². The van der Waals surface area contributed by atoms with Crippen molar-refractivity contribution in [2.75, 3.05) is 18.1 Å². The molecule has 1 fully saturated rings. The van der Waals surface area contributed by atoms with Gasteiger partial charge in [0.25, 0.3) is 5.91 Å². The van der Waals surface area contributed by atoms with E-state index in [-0.39, 0.29) is 5.91 Å². The van der Waals surface area contributed by atoms with Crippen LogP contribution in [-0.4, -0.2) is 34.5 Å². The van der Waals surface area contributed by atoms with Gasteiger partial charge in [-0.25, -0.2) is 4.79 Å². The molecule has 0 unspecified atom stereocenters. The third-order valence-corrected chi connectivity index (χ3v) is 5.61. The van der Waals surface area contributed by atoms with Gasteiger partial charge >= 0.3 is 5.97 Å². The first kappa shape index (κ1) is 21.9. The molecule has 0 aliphatic carbocycles. The molecule has 0 bridgehead atoms. The van der Waals surface area contributed by atoms with Gasteiger partial charge in [0, 0.05) is 0 Å². The van der Waals surface area contributed by atoms with Crippen LogP contribution in [0.5, 0.6) is 11.5 Å². The molecule has 30 heavy (non-hydrogen) atoms. The Hall–Kier alpha value is -2.84. The summed E-state index contributed by atoms with van der Waals surface area (Å²) in [7, 11) is 0. The minimum atomic E-state index is -1.07. The van der Waals surface area contributed by atoms with E-state index in [1.807, 2.05) is 39.0 Å². The third-order valence-electron chi connectivity index (χ3n) is 4.30. The normalized spacial score (nSPS) is 15.0. The number of carboxylic acid groups (broad SMARTS) is 1. The number of carbonyl (C=O) groups is 2. The van der Waals surface area contributed by atoms with Crippen molar-refractivity contribution < 1.29 is 24.2 Å². The summed E-state index contributed by atoms with van der Waals surface area (Å²) in [5, 5.41) is 8.81. The van der Waals surface area contributed by atoms with Gasteiger partial charge in [-0.3, -0.25) is 9.69 Å². The number of anilines is 1. The molecule has 0 spiro atoms. The highest BCUT2D eigenvalue weighted by molar-refractivity contribution is 8.27. The number of amides is 1. The molecule has 2 aromatic carbocycles. The van der Waals surface area contributed by atoms with Crippen LogP contribution in [0.4, 0.5) is 5.69 Å². The molecule has 1 N–H and O–H groups in total. The van der Waals surface area contributed by atoms with Crippen LogP contribution in [0.1, 0.15) is 23.6 Å². The second-order valence-electron chi connectivity index (χ2n) is 6.63. The summed E-state index contributed by atoms with van der Waals surface area (Å²) < 4.78 is 11.3. The molecule has 2 aromatic rings. The summed E-state index contributed by atoms with van der Waals surface area (Å²) in [4.78, 5) is 25.9. The Morgan fingerprint density at radius 2 is 1.93 bits per heavy atom. The number of benzene rings is 2. The van der Waals surface area contributed by atoms with E-state index in [0.29, 0.717) is 27.3 Å². The number of thiocarbonyl (C=S) groups is 1. The van der Waals surface area contributed by atoms with Gasteiger partial charge in [-0.1, -0.05) is 47.7 Å². The van der Waals surface area contributed by atoms with E-state index < -0.39 is 12.6 Å². The van der Waals surface area contributed by atoms with E-state index in [1.54, 1.807) is 29.2 Å². The molecule has 0 saturated carbocycles. The molecule has 0 radical (unpaired) electrons. The molecule has 1 amide bonds. The van der Waals surface area contributed by atoms with Gasteiger partial charge in [-0.2, -0.15) is 0 Å². The molecule has 1 saturated heterocycles. The first-order valence-corrected chi connectivity index (χ1v) is 10.5. The molecule has 6 nitrogen and oxygen atoms in total. The first-order chi connectivity index (χ1) is 14.3. The highest BCUT2D eigenvalue weighted by Gasteiger charge is 2.34. The number of hydrogen-bond acceptors (Lipinski definition) is 6. The number of carbonyl (C=O) groups excluding carboxylic acids is 1. The molecular weight excluding hydrogens is 422 g/mol. The molecule has 0 aromatic heterocycles. The zero-order chi connectivity index (χ0) is 21.8. The van der Waals surface area contributed by atoms with E-state index in [1.165, 1.54) is 11.8 Å². The quantitative estimate of drug-likeness (QED) is 0.496. The molecular formula is C22H21NO5S2. The summed E-state index contributed by atoms with van der Waals surface area (Å²) in [5.41, 5.74) is 3.60. The van der Waals surface area contributed by atoms with Gasteiger partial charge in [0.1, 0.15) is 0 Å². The van der Waals surface area contributed by atoms with Crippen molar-refractivity contribution in [1.82, 2.24) is 0 Å². The van der Waals surface area contributed by atoms with Crippen LogP contribution in [-0.2, 0) is 9.59 Å². The minimum absolute atomic E-state index is 0.180. The number of thioether (sulfide) groups is 1. The number of rotatable bonds is 7. The van der Waals surface area contributed by atoms with Gasteiger partial charge in [0.15, 0.2) is 22.4 Å². The maximum absolute atomic E-state index is 13.0. The summed E-state index contributed by atoms with van der Waals surface area (Å²) in [6, 6.07) is 11.0. The largest absolute Gasteiger partial charge is 0.490 e. The highest BCUT2D eigenvalue weighted by Crippen LogP contribution is 2.38. The number of hydrogen-bond donors (Lipinski definition) is 1. The van der Waals surface area contributed by atoms with Crippen LogP contribution in [0.2, 0.25) is 0 Å². The van der Waals surface area contributed by atoms with Gasteiger partial charge in [-0.05, 0) is 56.2 Å². The predicted octanol–water partition coefficient (Wildman–Crippen LogP) is 4.57. The lowest BCUT2D eigenvalue weighted by atomic mass is 10.1. The first-order valence-electron chi connectivity index (χ1n) is 9.26. The van der Waals surface area contributed by atoms with Gasteiger partial charge in [-0.15, -0.1) is 0 Å². The number of nitrogens with zero attached hydrogens (tertiary/aromatic N) is 1. The number of aliphatic carboxylic acids is 1. The molecule has 3 rings (SSSR count). The summed E-state index contributed by atoms with van der Waals surface area (Å²) in [6.45, 7) is 5.70. The van der Waals surface area contributed by atoms with E-state index >= 15 is 0 Å². The van der Waals surface area contributed by atoms with Crippen molar-refractivity contribution in [1.29, 1.82) is 0 Å². The van der Waals surface area contributed by atoms with Crippen molar-refractivity contribution >= 4 is 51.9 Å². The van der Waals surface area contributed by atoms with Crippen LogP contribution in [0.3, 0.4) is 0 Å². The van der Waals surface area contributed by atoms with E-state index in [9.17, 15) is 9.59 Å². The van der Waals surface area contributed by atoms with Crippen LogP contribution in [0.25, 0.3) is 6.08 Å². The van der Waals surface area contributed by atoms with Gasteiger partial charge in [0.05, 0.1) is 17.2 Å². The Balaban J connectivity index is 1.89. The van der Waals surface area contributed by atoms with Crippen molar-refractivity contribution in [2.45, 2.75) is 20.8 Å². The summed E-state index contributed by atoms with van der Waals surface area (Å²) in [5.74, 6) is -0.505. The second-order valence-corrected chi connectivity index (χ2v) is 8.30. The number of carboxylic acids is 1.